The molecule has 2 atom stereocenters. The minimum atomic E-state index is -0.407. The van der Waals surface area contributed by atoms with Gasteiger partial charge in [-0.3, -0.25) is 9.97 Å². The first kappa shape index (κ1) is 19.6. The van der Waals surface area contributed by atoms with Crippen molar-refractivity contribution in [3.05, 3.63) is 47.8 Å². The van der Waals surface area contributed by atoms with Gasteiger partial charge in [0.1, 0.15) is 0 Å². The standard InChI is InChI=1S/C20H24N2O4/c1-5-13(3)25-19(23)15-7-9-21-17(11-15)18-12-16(8-10-22-18)20(24)26-14(4)6-2/h7-14H,5-6H2,1-4H3/t13-,14-/m1/s1. The summed E-state index contributed by atoms with van der Waals surface area (Å²) in [6.45, 7) is 7.58. The summed E-state index contributed by atoms with van der Waals surface area (Å²) in [5, 5.41) is 0. The molecule has 2 rings (SSSR count). The molecule has 0 saturated carbocycles. The molecule has 0 aliphatic heterocycles. The maximum absolute atomic E-state index is 12.2. The van der Waals surface area contributed by atoms with Crippen molar-refractivity contribution in [3.63, 3.8) is 0 Å². The van der Waals surface area contributed by atoms with Crippen LogP contribution < -0.4 is 0 Å². The number of nitrogens with zero attached hydrogens (tertiary/aromatic N) is 2. The number of hydrogen-bond acceptors (Lipinski definition) is 6. The predicted octanol–water partition coefficient (Wildman–Crippen LogP) is 4.05. The lowest BCUT2D eigenvalue weighted by atomic mass is 10.1. The van der Waals surface area contributed by atoms with E-state index in [1.165, 1.54) is 12.4 Å². The molecular formula is C20H24N2O4. The monoisotopic (exact) mass is 356 g/mol. The number of hydrogen-bond donors (Lipinski definition) is 0. The van der Waals surface area contributed by atoms with Crippen LogP contribution in [0.25, 0.3) is 11.4 Å². The lowest BCUT2D eigenvalue weighted by Gasteiger charge is -2.12. The van der Waals surface area contributed by atoms with Gasteiger partial charge in [0.25, 0.3) is 0 Å². The molecule has 138 valence electrons. The van der Waals surface area contributed by atoms with Gasteiger partial charge in [-0.2, -0.15) is 0 Å². The number of rotatable bonds is 7. The zero-order valence-electron chi connectivity index (χ0n) is 15.6. The van der Waals surface area contributed by atoms with Crippen LogP contribution in [0.2, 0.25) is 0 Å². The highest BCUT2D eigenvalue weighted by atomic mass is 16.5. The van der Waals surface area contributed by atoms with Crippen molar-refractivity contribution >= 4 is 11.9 Å². The van der Waals surface area contributed by atoms with Crippen LogP contribution in [0.4, 0.5) is 0 Å². The summed E-state index contributed by atoms with van der Waals surface area (Å²) in [5.74, 6) is -0.814. The van der Waals surface area contributed by atoms with Crippen molar-refractivity contribution in [3.8, 4) is 11.4 Å². The molecule has 2 heterocycles. The number of ether oxygens (including phenoxy) is 2. The van der Waals surface area contributed by atoms with Gasteiger partial charge in [-0.1, -0.05) is 13.8 Å². The Kier molecular flexibility index (Phi) is 6.83. The predicted molar refractivity (Wildman–Crippen MR) is 97.8 cm³/mol. The van der Waals surface area contributed by atoms with E-state index >= 15 is 0 Å². The van der Waals surface area contributed by atoms with Crippen LogP contribution in [-0.2, 0) is 9.47 Å². The lowest BCUT2D eigenvalue weighted by molar-refractivity contribution is 0.0324. The van der Waals surface area contributed by atoms with Crippen molar-refractivity contribution in [1.29, 1.82) is 0 Å². The second-order valence-electron chi connectivity index (χ2n) is 6.11. The average molecular weight is 356 g/mol. The van der Waals surface area contributed by atoms with Gasteiger partial charge < -0.3 is 9.47 Å². The third-order valence-electron chi connectivity index (χ3n) is 4.02. The molecular weight excluding hydrogens is 332 g/mol. The molecule has 6 heteroatoms. The van der Waals surface area contributed by atoms with E-state index in [-0.39, 0.29) is 12.2 Å². The Hall–Kier alpha value is -2.76. The molecule has 2 aromatic heterocycles. The second-order valence-corrected chi connectivity index (χ2v) is 6.11. The summed E-state index contributed by atoms with van der Waals surface area (Å²) >= 11 is 0. The van der Waals surface area contributed by atoms with E-state index in [0.29, 0.717) is 22.5 Å². The quantitative estimate of drug-likeness (QED) is 0.696. The van der Waals surface area contributed by atoms with Gasteiger partial charge in [0.2, 0.25) is 0 Å². The van der Waals surface area contributed by atoms with Crippen LogP contribution in [0.5, 0.6) is 0 Å². The van der Waals surface area contributed by atoms with Crippen molar-refractivity contribution in [1.82, 2.24) is 9.97 Å². The summed E-state index contributed by atoms with van der Waals surface area (Å²) in [5.41, 5.74) is 1.76. The normalized spacial score (nSPS) is 12.9. The number of carbonyl (C=O) groups excluding carboxylic acids is 2. The Balaban J connectivity index is 2.23. The highest BCUT2D eigenvalue weighted by molar-refractivity contribution is 5.92. The minimum absolute atomic E-state index is 0.157. The molecule has 2 aromatic rings. The van der Waals surface area contributed by atoms with Gasteiger partial charge in [0.05, 0.1) is 34.7 Å². The first-order chi connectivity index (χ1) is 12.4. The summed E-state index contributed by atoms with van der Waals surface area (Å²) in [6, 6.07) is 6.40. The largest absolute Gasteiger partial charge is 0.459 e. The van der Waals surface area contributed by atoms with Gasteiger partial charge in [-0.15, -0.1) is 0 Å². The van der Waals surface area contributed by atoms with Crippen LogP contribution in [-0.4, -0.2) is 34.1 Å². The first-order valence-corrected chi connectivity index (χ1v) is 8.79. The van der Waals surface area contributed by atoms with Crippen LogP contribution >= 0.6 is 0 Å². The molecule has 0 aliphatic carbocycles. The minimum Gasteiger partial charge on any atom is -0.459 e. The highest BCUT2D eigenvalue weighted by Gasteiger charge is 2.15. The van der Waals surface area contributed by atoms with Gasteiger partial charge in [-0.25, -0.2) is 9.59 Å². The topological polar surface area (TPSA) is 78.4 Å². The van der Waals surface area contributed by atoms with Gasteiger partial charge in [0.15, 0.2) is 0 Å². The number of aromatic nitrogens is 2. The molecule has 0 aliphatic rings. The third-order valence-corrected chi connectivity index (χ3v) is 4.02. The summed E-state index contributed by atoms with van der Waals surface area (Å²) < 4.78 is 10.7. The van der Waals surface area contributed by atoms with E-state index in [0.717, 1.165) is 12.8 Å². The Morgan fingerprint density at radius 1 is 0.846 bits per heavy atom. The lowest BCUT2D eigenvalue weighted by Crippen LogP contribution is -2.14. The molecule has 0 spiro atoms. The Morgan fingerprint density at radius 2 is 1.23 bits per heavy atom. The number of pyridine rings is 2. The first-order valence-electron chi connectivity index (χ1n) is 8.79. The molecule has 0 aromatic carbocycles. The van der Waals surface area contributed by atoms with E-state index in [2.05, 4.69) is 9.97 Å². The fourth-order valence-corrected chi connectivity index (χ4v) is 2.06. The molecule has 26 heavy (non-hydrogen) atoms. The molecule has 0 saturated heterocycles. The van der Waals surface area contributed by atoms with Crippen molar-refractivity contribution < 1.29 is 19.1 Å². The van der Waals surface area contributed by atoms with E-state index in [4.69, 9.17) is 9.47 Å². The zero-order valence-corrected chi connectivity index (χ0v) is 15.6. The summed E-state index contributed by atoms with van der Waals surface area (Å²) in [6.07, 6.45) is 4.21. The van der Waals surface area contributed by atoms with Crippen molar-refractivity contribution in [2.75, 3.05) is 0 Å². The van der Waals surface area contributed by atoms with Crippen LogP contribution in [0, 0.1) is 0 Å². The van der Waals surface area contributed by atoms with E-state index < -0.39 is 11.9 Å². The molecule has 0 bridgehead atoms. The van der Waals surface area contributed by atoms with Crippen LogP contribution in [0.3, 0.4) is 0 Å². The average Bonchev–Trinajstić information content (AvgIpc) is 2.67. The van der Waals surface area contributed by atoms with Crippen LogP contribution in [0.1, 0.15) is 61.3 Å². The maximum Gasteiger partial charge on any atom is 0.338 e. The fraction of sp³-hybridized carbons (Fsp3) is 0.400. The Labute approximate surface area is 153 Å². The Morgan fingerprint density at radius 3 is 1.58 bits per heavy atom. The van der Waals surface area contributed by atoms with Gasteiger partial charge in [-0.05, 0) is 51.0 Å². The second kappa shape index (κ2) is 9.08. The molecule has 0 amide bonds. The summed E-state index contributed by atoms with van der Waals surface area (Å²) in [7, 11) is 0. The maximum atomic E-state index is 12.2. The molecule has 6 nitrogen and oxygen atoms in total. The SMILES string of the molecule is CC[C@@H](C)OC(=O)c1ccnc(-c2cc(C(=O)O[C@H](C)CC)ccn2)c1. The van der Waals surface area contributed by atoms with E-state index in [1.54, 1.807) is 24.3 Å². The third kappa shape index (κ3) is 5.12. The molecule has 0 N–H and O–H groups in total. The molecule has 0 fully saturated rings. The smallest absolute Gasteiger partial charge is 0.338 e. The van der Waals surface area contributed by atoms with E-state index in [9.17, 15) is 9.59 Å². The van der Waals surface area contributed by atoms with Crippen LogP contribution in [0.15, 0.2) is 36.7 Å². The Bertz CT molecular complexity index is 710. The molecule has 0 radical (unpaired) electrons. The molecule has 0 unspecified atom stereocenters. The fourth-order valence-electron chi connectivity index (χ4n) is 2.06. The van der Waals surface area contributed by atoms with Gasteiger partial charge >= 0.3 is 11.9 Å². The van der Waals surface area contributed by atoms with E-state index in [1.807, 2.05) is 27.7 Å². The number of carbonyl (C=O) groups is 2. The van der Waals surface area contributed by atoms with Gasteiger partial charge in [0, 0.05) is 12.4 Å². The number of esters is 2. The summed E-state index contributed by atoms with van der Waals surface area (Å²) in [4.78, 5) is 32.9. The van der Waals surface area contributed by atoms with Crippen molar-refractivity contribution in [2.24, 2.45) is 0 Å². The zero-order chi connectivity index (χ0) is 19.1. The van der Waals surface area contributed by atoms with Crippen molar-refractivity contribution in [2.45, 2.75) is 52.7 Å². The highest BCUT2D eigenvalue weighted by Crippen LogP contribution is 2.18.